The molecule has 14 heavy (non-hydrogen) atoms. The van der Waals surface area contributed by atoms with E-state index >= 15 is 0 Å². The average Bonchev–Trinajstić information content (AvgIpc) is 2.41. The number of hydrogen-bond donors (Lipinski definition) is 0. The minimum Gasteiger partial charge on any atom is -0.334 e. The highest BCUT2D eigenvalue weighted by Crippen LogP contribution is 2.27. The molecule has 0 saturated heterocycles. The lowest BCUT2D eigenvalue weighted by Crippen LogP contribution is -1.87. The van der Waals surface area contributed by atoms with Crippen molar-refractivity contribution in [2.75, 3.05) is 0 Å². The summed E-state index contributed by atoms with van der Waals surface area (Å²) in [5.41, 5.74) is 1.03. The summed E-state index contributed by atoms with van der Waals surface area (Å²) in [6.45, 7) is 0. The SMILES string of the molecule is Cn1c(Cl)c(C=O)c2ccc(F)cc21. The second-order valence-electron chi connectivity index (χ2n) is 3.04. The number of carbonyl (C=O) groups excluding carboxylic acids is 1. The van der Waals surface area contributed by atoms with Gasteiger partial charge >= 0.3 is 0 Å². The van der Waals surface area contributed by atoms with Crippen LogP contribution in [0.15, 0.2) is 18.2 Å². The fourth-order valence-electron chi connectivity index (χ4n) is 1.52. The Labute approximate surface area is 84.9 Å². The molecule has 0 bridgehead atoms. The topological polar surface area (TPSA) is 22.0 Å². The maximum absolute atomic E-state index is 12.9. The predicted octanol–water partition coefficient (Wildman–Crippen LogP) is 2.78. The van der Waals surface area contributed by atoms with Gasteiger partial charge in [-0.1, -0.05) is 11.6 Å². The minimum atomic E-state index is -0.341. The van der Waals surface area contributed by atoms with E-state index in [1.54, 1.807) is 17.7 Å². The van der Waals surface area contributed by atoms with Gasteiger partial charge in [0.15, 0.2) is 6.29 Å². The van der Waals surface area contributed by atoms with Crippen LogP contribution in [0.3, 0.4) is 0 Å². The lowest BCUT2D eigenvalue weighted by Gasteiger charge is -1.96. The fourth-order valence-corrected chi connectivity index (χ4v) is 1.76. The van der Waals surface area contributed by atoms with Crippen LogP contribution in [-0.2, 0) is 7.05 Å². The number of halogens is 2. The number of benzene rings is 1. The number of rotatable bonds is 1. The van der Waals surface area contributed by atoms with Crippen molar-refractivity contribution < 1.29 is 9.18 Å². The zero-order chi connectivity index (χ0) is 10.3. The normalized spacial score (nSPS) is 10.8. The van der Waals surface area contributed by atoms with Crippen LogP contribution in [0.4, 0.5) is 4.39 Å². The second-order valence-corrected chi connectivity index (χ2v) is 3.40. The highest BCUT2D eigenvalue weighted by Gasteiger charge is 2.12. The summed E-state index contributed by atoms with van der Waals surface area (Å²) in [4.78, 5) is 10.7. The first kappa shape index (κ1) is 9.21. The van der Waals surface area contributed by atoms with Crippen molar-refractivity contribution in [2.24, 2.45) is 7.05 Å². The van der Waals surface area contributed by atoms with Gasteiger partial charge in [0, 0.05) is 12.4 Å². The van der Waals surface area contributed by atoms with Gasteiger partial charge in [0.1, 0.15) is 11.0 Å². The van der Waals surface area contributed by atoms with Crippen LogP contribution in [0.1, 0.15) is 10.4 Å². The molecule has 1 aromatic heterocycles. The van der Waals surface area contributed by atoms with Crippen LogP contribution in [-0.4, -0.2) is 10.9 Å². The number of nitrogens with zero attached hydrogens (tertiary/aromatic N) is 1. The predicted molar refractivity (Wildman–Crippen MR) is 53.3 cm³/mol. The standard InChI is InChI=1S/C10H7ClFNO/c1-13-9-4-6(12)2-3-7(9)8(5-14)10(13)11/h2-5H,1H3. The van der Waals surface area contributed by atoms with E-state index in [2.05, 4.69) is 0 Å². The van der Waals surface area contributed by atoms with Gasteiger partial charge in [0.2, 0.25) is 0 Å². The molecular formula is C10H7ClFNO. The summed E-state index contributed by atoms with van der Waals surface area (Å²) >= 11 is 5.90. The summed E-state index contributed by atoms with van der Waals surface area (Å²) in [5.74, 6) is -0.341. The molecule has 72 valence electrons. The summed E-state index contributed by atoms with van der Waals surface area (Å²) in [6, 6.07) is 4.22. The van der Waals surface area contributed by atoms with Crippen LogP contribution in [0.25, 0.3) is 10.9 Å². The molecule has 0 saturated carbocycles. The third kappa shape index (κ3) is 1.13. The molecule has 0 fully saturated rings. The molecule has 0 amide bonds. The average molecular weight is 212 g/mol. The molecule has 0 spiro atoms. The summed E-state index contributed by atoms with van der Waals surface area (Å²) in [6.07, 6.45) is 0.683. The number of aryl methyl sites for hydroxylation is 1. The Morgan fingerprint density at radius 3 is 2.86 bits per heavy atom. The molecule has 2 rings (SSSR count). The highest BCUT2D eigenvalue weighted by molar-refractivity contribution is 6.34. The Morgan fingerprint density at radius 2 is 2.21 bits per heavy atom. The fraction of sp³-hybridized carbons (Fsp3) is 0.100. The van der Waals surface area contributed by atoms with Crippen LogP contribution in [0, 0.1) is 5.82 Å². The van der Waals surface area contributed by atoms with Gasteiger partial charge in [-0.25, -0.2) is 4.39 Å². The van der Waals surface area contributed by atoms with E-state index in [1.807, 2.05) is 0 Å². The first-order valence-corrected chi connectivity index (χ1v) is 4.41. The Bertz CT molecular complexity index is 518. The zero-order valence-electron chi connectivity index (χ0n) is 7.42. The van der Waals surface area contributed by atoms with E-state index in [1.165, 1.54) is 12.1 Å². The van der Waals surface area contributed by atoms with Crippen LogP contribution in [0.2, 0.25) is 5.15 Å². The quantitative estimate of drug-likeness (QED) is 0.665. The molecule has 0 aliphatic rings. The summed E-state index contributed by atoms with van der Waals surface area (Å²) < 4.78 is 14.5. The van der Waals surface area contributed by atoms with Crippen molar-refractivity contribution in [2.45, 2.75) is 0 Å². The van der Waals surface area contributed by atoms with Gasteiger partial charge in [-0.2, -0.15) is 0 Å². The summed E-state index contributed by atoms with van der Waals surface area (Å²) in [5, 5.41) is 1.01. The van der Waals surface area contributed by atoms with Crippen molar-refractivity contribution >= 4 is 28.8 Å². The van der Waals surface area contributed by atoms with E-state index < -0.39 is 0 Å². The molecule has 0 aliphatic carbocycles. The Balaban J connectivity index is 2.95. The van der Waals surface area contributed by atoms with Gasteiger partial charge in [-0.05, 0) is 18.2 Å². The van der Waals surface area contributed by atoms with E-state index in [0.29, 0.717) is 27.9 Å². The maximum atomic E-state index is 12.9. The van der Waals surface area contributed by atoms with Gasteiger partial charge in [-0.15, -0.1) is 0 Å². The molecule has 2 nitrogen and oxygen atoms in total. The Morgan fingerprint density at radius 1 is 1.50 bits per heavy atom. The van der Waals surface area contributed by atoms with Crippen molar-refractivity contribution in [1.29, 1.82) is 0 Å². The zero-order valence-corrected chi connectivity index (χ0v) is 8.18. The number of aromatic nitrogens is 1. The molecule has 0 N–H and O–H groups in total. The maximum Gasteiger partial charge on any atom is 0.153 e. The van der Waals surface area contributed by atoms with Crippen molar-refractivity contribution in [3.8, 4) is 0 Å². The number of fused-ring (bicyclic) bond motifs is 1. The number of carbonyl (C=O) groups is 1. The Hall–Kier alpha value is -1.35. The van der Waals surface area contributed by atoms with E-state index in [-0.39, 0.29) is 5.82 Å². The molecule has 2 aromatic rings. The van der Waals surface area contributed by atoms with Crippen LogP contribution in [0.5, 0.6) is 0 Å². The molecule has 1 aromatic carbocycles. The van der Waals surface area contributed by atoms with Crippen molar-refractivity contribution in [3.63, 3.8) is 0 Å². The lowest BCUT2D eigenvalue weighted by molar-refractivity contribution is 0.112. The van der Waals surface area contributed by atoms with Gasteiger partial charge in [0.05, 0.1) is 11.1 Å². The second kappa shape index (κ2) is 3.10. The van der Waals surface area contributed by atoms with Crippen LogP contribution < -0.4 is 0 Å². The number of hydrogen-bond acceptors (Lipinski definition) is 1. The third-order valence-corrected chi connectivity index (χ3v) is 2.70. The molecule has 0 radical (unpaired) electrons. The van der Waals surface area contributed by atoms with Crippen molar-refractivity contribution in [1.82, 2.24) is 4.57 Å². The molecule has 4 heteroatoms. The van der Waals surface area contributed by atoms with E-state index in [0.717, 1.165) is 0 Å². The highest BCUT2D eigenvalue weighted by atomic mass is 35.5. The monoisotopic (exact) mass is 211 g/mol. The van der Waals surface area contributed by atoms with E-state index in [4.69, 9.17) is 11.6 Å². The van der Waals surface area contributed by atoms with Crippen LogP contribution >= 0.6 is 11.6 Å². The molecule has 0 unspecified atom stereocenters. The molecule has 1 heterocycles. The third-order valence-electron chi connectivity index (χ3n) is 2.25. The smallest absolute Gasteiger partial charge is 0.153 e. The molecule has 0 atom stereocenters. The van der Waals surface area contributed by atoms with Crippen molar-refractivity contribution in [3.05, 3.63) is 34.7 Å². The minimum absolute atomic E-state index is 0.334. The van der Waals surface area contributed by atoms with Gasteiger partial charge < -0.3 is 4.57 Å². The first-order chi connectivity index (χ1) is 6.65. The largest absolute Gasteiger partial charge is 0.334 e. The lowest BCUT2D eigenvalue weighted by atomic mass is 10.2. The number of aldehydes is 1. The summed E-state index contributed by atoms with van der Waals surface area (Å²) in [7, 11) is 1.69. The van der Waals surface area contributed by atoms with Gasteiger partial charge in [-0.3, -0.25) is 4.79 Å². The molecular weight excluding hydrogens is 205 g/mol. The van der Waals surface area contributed by atoms with Gasteiger partial charge in [0.25, 0.3) is 0 Å². The first-order valence-electron chi connectivity index (χ1n) is 4.03. The molecule has 0 aliphatic heterocycles. The van der Waals surface area contributed by atoms with E-state index in [9.17, 15) is 9.18 Å². The Kier molecular flexibility index (Phi) is 2.04.